The number of aliphatic hydroxyl groups excluding tert-OH is 1. The number of imidazole rings is 1. The Labute approximate surface area is 121 Å². The summed E-state index contributed by atoms with van der Waals surface area (Å²) < 4.78 is 12.6. The average Bonchev–Trinajstić information content (AvgIpc) is 3.05. The summed E-state index contributed by atoms with van der Waals surface area (Å²) >= 11 is 5.94. The summed E-state index contributed by atoms with van der Waals surface area (Å²) in [4.78, 5) is 22.5. The van der Waals surface area contributed by atoms with Crippen LogP contribution in [-0.4, -0.2) is 44.9 Å². The highest BCUT2D eigenvalue weighted by Crippen LogP contribution is 2.51. The van der Waals surface area contributed by atoms with Crippen LogP contribution in [0.25, 0.3) is 17.2 Å². The van der Waals surface area contributed by atoms with Crippen LogP contribution in [0.1, 0.15) is 11.5 Å². The van der Waals surface area contributed by atoms with Crippen LogP contribution in [0.5, 0.6) is 0 Å². The van der Waals surface area contributed by atoms with Crippen LogP contribution in [0, 0.1) is 0 Å². The molecule has 4 N–H and O–H groups in total. The number of aromatic amines is 1. The van der Waals surface area contributed by atoms with Gasteiger partial charge < -0.3 is 14.9 Å². The molecule has 0 aliphatic heterocycles. The van der Waals surface area contributed by atoms with Gasteiger partial charge in [0.15, 0.2) is 5.85 Å². The number of hydrogen-bond acceptors (Lipinski definition) is 6. The molecule has 3 aromatic rings. The molecule has 0 amide bonds. The minimum atomic E-state index is -4.79. The molecule has 3 heterocycles. The number of H-pyrrole nitrogens is 1. The summed E-state index contributed by atoms with van der Waals surface area (Å²) in [5.41, 5.74) is 0.469. The van der Waals surface area contributed by atoms with Gasteiger partial charge in [-0.15, -0.1) is 10.2 Å². The fourth-order valence-corrected chi connectivity index (χ4v) is 2.75. The second kappa shape index (κ2) is 4.86. The number of rotatable bonds is 3. The molecule has 21 heavy (non-hydrogen) atoms. The normalized spacial score (nSPS) is 13.7. The van der Waals surface area contributed by atoms with E-state index in [0.29, 0.717) is 11.3 Å². The van der Waals surface area contributed by atoms with Gasteiger partial charge in [-0.2, -0.15) is 5.21 Å². The first kappa shape index (κ1) is 14.1. The first-order valence-electron chi connectivity index (χ1n) is 5.52. The molecule has 0 fully saturated rings. The van der Waals surface area contributed by atoms with Crippen LogP contribution in [0.2, 0.25) is 5.02 Å². The molecule has 1 unspecified atom stereocenters. The maximum absolute atomic E-state index is 11.3. The second-order valence-corrected chi connectivity index (χ2v) is 6.19. The molecule has 0 bridgehead atoms. The van der Waals surface area contributed by atoms with Crippen LogP contribution < -0.4 is 0 Å². The number of nitrogens with zero attached hydrogens (tertiary/aromatic N) is 5. The van der Waals surface area contributed by atoms with Gasteiger partial charge in [-0.05, 0) is 17.3 Å². The third-order valence-corrected chi connectivity index (χ3v) is 3.96. The second-order valence-electron chi connectivity index (χ2n) is 4.12. The highest BCUT2D eigenvalue weighted by Gasteiger charge is 2.32. The Hall–Kier alpha value is -1.84. The lowest BCUT2D eigenvalue weighted by molar-refractivity contribution is 0.201. The molecule has 110 valence electrons. The summed E-state index contributed by atoms with van der Waals surface area (Å²) in [6, 6.07) is 2.92. The van der Waals surface area contributed by atoms with Crippen molar-refractivity contribution in [3.8, 4) is 11.5 Å². The number of nitrogens with one attached hydrogen (secondary N) is 1. The lowest BCUT2D eigenvalue weighted by atomic mass is 10.3. The van der Waals surface area contributed by atoms with Crippen molar-refractivity contribution in [2.75, 3.05) is 0 Å². The summed E-state index contributed by atoms with van der Waals surface area (Å²) in [6.45, 7) is 0. The average molecular weight is 331 g/mol. The standard InChI is InChI=1S/C9H8ClN6O4P/c10-4-1-2-6-11-5(8-12-14-15-13-8)3-16(6)7(4)9(17)21(18,19)20/h1-3,9,17H,(H2,18,19,20)(H,12,13,14,15). The van der Waals surface area contributed by atoms with E-state index in [-0.39, 0.29) is 16.5 Å². The Kier molecular flexibility index (Phi) is 3.27. The van der Waals surface area contributed by atoms with Gasteiger partial charge in [0, 0.05) is 6.20 Å². The van der Waals surface area contributed by atoms with Crippen molar-refractivity contribution < 1.29 is 19.5 Å². The van der Waals surface area contributed by atoms with Gasteiger partial charge in [0.1, 0.15) is 11.3 Å². The lowest BCUT2D eigenvalue weighted by Gasteiger charge is -2.15. The highest BCUT2D eigenvalue weighted by atomic mass is 35.5. The molecule has 0 aliphatic rings. The van der Waals surface area contributed by atoms with E-state index in [9.17, 15) is 9.67 Å². The quantitative estimate of drug-likeness (QED) is 0.502. The molecule has 12 heteroatoms. The molecule has 0 radical (unpaired) electrons. The molecule has 0 saturated carbocycles. The van der Waals surface area contributed by atoms with E-state index in [1.165, 1.54) is 22.7 Å². The Morgan fingerprint density at radius 3 is 2.76 bits per heavy atom. The maximum atomic E-state index is 11.3. The Bertz CT molecular complexity index is 843. The number of hydrogen-bond donors (Lipinski definition) is 4. The minimum absolute atomic E-state index is 0.00427. The number of fused-ring (bicyclic) bond motifs is 1. The van der Waals surface area contributed by atoms with E-state index >= 15 is 0 Å². The zero-order chi connectivity index (χ0) is 15.2. The van der Waals surface area contributed by atoms with Crippen LogP contribution in [0.4, 0.5) is 0 Å². The fraction of sp³-hybridized carbons (Fsp3) is 0.111. The van der Waals surface area contributed by atoms with Crippen molar-refractivity contribution in [2.45, 2.75) is 5.85 Å². The molecular weight excluding hydrogens is 323 g/mol. The SMILES string of the molecule is O=P(O)(O)C(O)c1c(Cl)ccc2nc(-c3nn[nH]n3)cn12. The minimum Gasteiger partial charge on any atom is -0.375 e. The topological polar surface area (TPSA) is 150 Å². The first-order valence-corrected chi connectivity index (χ1v) is 7.58. The summed E-state index contributed by atoms with van der Waals surface area (Å²) in [5, 5.41) is 23.0. The van der Waals surface area contributed by atoms with E-state index < -0.39 is 13.4 Å². The van der Waals surface area contributed by atoms with Gasteiger partial charge in [0.05, 0.1) is 10.7 Å². The van der Waals surface area contributed by atoms with Crippen LogP contribution >= 0.6 is 19.2 Å². The summed E-state index contributed by atoms with van der Waals surface area (Å²) in [6.07, 6.45) is 1.40. The van der Waals surface area contributed by atoms with Gasteiger partial charge in [-0.1, -0.05) is 11.6 Å². The molecule has 0 aliphatic carbocycles. The largest absolute Gasteiger partial charge is 0.375 e. The van der Waals surface area contributed by atoms with Gasteiger partial charge in [0.2, 0.25) is 5.82 Å². The van der Waals surface area contributed by atoms with Crippen molar-refractivity contribution in [2.24, 2.45) is 0 Å². The molecule has 0 spiro atoms. The van der Waals surface area contributed by atoms with Crippen molar-refractivity contribution >= 4 is 24.8 Å². The van der Waals surface area contributed by atoms with Crippen molar-refractivity contribution in [1.29, 1.82) is 0 Å². The van der Waals surface area contributed by atoms with Crippen LogP contribution in [0.15, 0.2) is 18.3 Å². The van der Waals surface area contributed by atoms with Crippen LogP contribution in [0.3, 0.4) is 0 Å². The molecule has 10 nitrogen and oxygen atoms in total. The van der Waals surface area contributed by atoms with Gasteiger partial charge in [0.25, 0.3) is 0 Å². The third-order valence-electron chi connectivity index (χ3n) is 2.75. The molecule has 3 aromatic heterocycles. The number of halogens is 1. The van der Waals surface area contributed by atoms with Gasteiger partial charge >= 0.3 is 7.60 Å². The van der Waals surface area contributed by atoms with Crippen molar-refractivity contribution in [3.63, 3.8) is 0 Å². The summed E-state index contributed by atoms with van der Waals surface area (Å²) in [7, 11) is -4.79. The number of aliphatic hydroxyl groups is 1. The van der Waals surface area contributed by atoms with E-state index in [2.05, 4.69) is 25.6 Å². The van der Waals surface area contributed by atoms with Crippen molar-refractivity contribution in [3.05, 3.63) is 29.0 Å². The Balaban J connectivity index is 2.24. The van der Waals surface area contributed by atoms with Crippen LogP contribution in [-0.2, 0) is 4.57 Å². The van der Waals surface area contributed by atoms with Gasteiger partial charge in [-0.25, -0.2) is 4.98 Å². The predicted molar refractivity (Wildman–Crippen MR) is 70.4 cm³/mol. The van der Waals surface area contributed by atoms with E-state index in [1.807, 2.05) is 0 Å². The monoisotopic (exact) mass is 330 g/mol. The molecule has 1 atom stereocenters. The first-order chi connectivity index (χ1) is 9.88. The number of tetrazole rings is 1. The molecule has 0 saturated heterocycles. The highest BCUT2D eigenvalue weighted by molar-refractivity contribution is 7.51. The fourth-order valence-electron chi connectivity index (χ4n) is 1.84. The molecule has 3 rings (SSSR count). The zero-order valence-corrected chi connectivity index (χ0v) is 11.8. The van der Waals surface area contributed by atoms with Gasteiger partial charge in [-0.3, -0.25) is 8.97 Å². The smallest absolute Gasteiger partial charge is 0.359 e. The van der Waals surface area contributed by atoms with Crippen molar-refractivity contribution in [1.82, 2.24) is 30.0 Å². The predicted octanol–water partition coefficient (Wildman–Crippen LogP) is 0.336. The van der Waals surface area contributed by atoms with E-state index in [1.54, 1.807) is 0 Å². The number of pyridine rings is 1. The maximum Gasteiger partial charge on any atom is 0.359 e. The third kappa shape index (κ3) is 2.43. The molecule has 0 aromatic carbocycles. The summed E-state index contributed by atoms with van der Waals surface area (Å²) in [5.74, 6) is -1.87. The Morgan fingerprint density at radius 2 is 2.14 bits per heavy atom. The molecular formula is C9H8ClN6O4P. The number of aromatic nitrogens is 6. The van der Waals surface area contributed by atoms with E-state index in [4.69, 9.17) is 21.4 Å². The zero-order valence-electron chi connectivity index (χ0n) is 10.1. The lowest BCUT2D eigenvalue weighted by Crippen LogP contribution is -2.05. The Morgan fingerprint density at radius 1 is 1.38 bits per heavy atom. The van der Waals surface area contributed by atoms with E-state index in [0.717, 1.165) is 0 Å².